The van der Waals surface area contributed by atoms with Gasteiger partial charge in [0.25, 0.3) is 0 Å². The van der Waals surface area contributed by atoms with Gasteiger partial charge in [0.15, 0.2) is 0 Å². The van der Waals surface area contributed by atoms with Gasteiger partial charge >= 0.3 is 5.97 Å². The number of rotatable bonds is 10. The van der Waals surface area contributed by atoms with Crippen molar-refractivity contribution in [2.24, 2.45) is 11.7 Å². The van der Waals surface area contributed by atoms with E-state index in [1.807, 2.05) is 38.1 Å². The van der Waals surface area contributed by atoms with Crippen molar-refractivity contribution in [1.29, 1.82) is 0 Å². The van der Waals surface area contributed by atoms with E-state index in [0.29, 0.717) is 25.8 Å². The van der Waals surface area contributed by atoms with Crippen LogP contribution in [0.25, 0.3) is 10.9 Å². The Hall–Kier alpha value is -3.40. The smallest absolute Gasteiger partial charge is 0.326 e. The number of carboxylic acids is 1. The topological polar surface area (TPSA) is 158 Å². The average molecular weight is 486 g/mol. The fraction of sp³-hybridized carbons (Fsp3) is 0.520. The van der Waals surface area contributed by atoms with Crippen molar-refractivity contribution in [3.63, 3.8) is 0 Å². The van der Waals surface area contributed by atoms with Gasteiger partial charge in [0, 0.05) is 30.1 Å². The average Bonchev–Trinajstić information content (AvgIpc) is 3.48. The number of fused-ring (bicyclic) bond motifs is 1. The largest absolute Gasteiger partial charge is 0.480 e. The van der Waals surface area contributed by atoms with Crippen molar-refractivity contribution in [1.82, 2.24) is 20.5 Å². The SMILES string of the molecule is CCC(C)C(NC(=O)C(C)N)C(=O)NC(Cc1c[nH]c2ccccc12)C(=O)N1CCCC1C(=O)O. The lowest BCUT2D eigenvalue weighted by Crippen LogP contribution is -2.58. The number of likely N-dealkylation sites (tertiary alicyclic amines) is 1. The molecule has 1 saturated heterocycles. The van der Waals surface area contributed by atoms with E-state index in [1.54, 1.807) is 6.20 Å². The Morgan fingerprint density at radius 1 is 1.17 bits per heavy atom. The molecule has 1 aliphatic rings. The summed E-state index contributed by atoms with van der Waals surface area (Å²) >= 11 is 0. The highest BCUT2D eigenvalue weighted by Crippen LogP contribution is 2.23. The van der Waals surface area contributed by atoms with Crippen LogP contribution in [0.15, 0.2) is 30.5 Å². The zero-order chi connectivity index (χ0) is 25.7. The first-order valence-electron chi connectivity index (χ1n) is 12.1. The zero-order valence-corrected chi connectivity index (χ0v) is 20.4. The molecule has 2 aromatic rings. The summed E-state index contributed by atoms with van der Waals surface area (Å²) in [5.41, 5.74) is 7.40. The summed E-state index contributed by atoms with van der Waals surface area (Å²) in [5.74, 6) is -2.68. The molecule has 0 aliphatic carbocycles. The molecule has 1 aromatic carbocycles. The second kappa shape index (κ2) is 11.4. The van der Waals surface area contributed by atoms with Gasteiger partial charge in [-0.3, -0.25) is 14.4 Å². The van der Waals surface area contributed by atoms with Crippen molar-refractivity contribution >= 4 is 34.6 Å². The lowest BCUT2D eigenvalue weighted by Gasteiger charge is -2.30. The number of nitrogens with two attached hydrogens (primary N) is 1. The maximum absolute atomic E-state index is 13.6. The highest BCUT2D eigenvalue weighted by molar-refractivity contribution is 5.95. The number of carboxylic acid groups (broad SMARTS) is 1. The number of para-hydroxylation sites is 1. The van der Waals surface area contributed by atoms with Crippen molar-refractivity contribution in [3.05, 3.63) is 36.0 Å². The van der Waals surface area contributed by atoms with Gasteiger partial charge in [-0.1, -0.05) is 38.5 Å². The maximum Gasteiger partial charge on any atom is 0.326 e. The highest BCUT2D eigenvalue weighted by atomic mass is 16.4. The molecule has 3 amide bonds. The van der Waals surface area contributed by atoms with Gasteiger partial charge in [0.1, 0.15) is 18.1 Å². The van der Waals surface area contributed by atoms with Crippen LogP contribution in [0.3, 0.4) is 0 Å². The highest BCUT2D eigenvalue weighted by Gasteiger charge is 2.39. The number of aliphatic carboxylic acids is 1. The monoisotopic (exact) mass is 485 g/mol. The third kappa shape index (κ3) is 6.00. The molecule has 0 radical (unpaired) electrons. The van der Waals surface area contributed by atoms with E-state index >= 15 is 0 Å². The molecule has 10 nitrogen and oxygen atoms in total. The van der Waals surface area contributed by atoms with Crippen LogP contribution in [0.5, 0.6) is 0 Å². The second-order valence-electron chi connectivity index (χ2n) is 9.31. The van der Waals surface area contributed by atoms with Gasteiger partial charge in [-0.05, 0) is 37.3 Å². The third-order valence-electron chi connectivity index (χ3n) is 6.74. The van der Waals surface area contributed by atoms with E-state index in [9.17, 15) is 24.3 Å². The molecule has 2 heterocycles. The first kappa shape index (κ1) is 26.2. The molecule has 10 heteroatoms. The molecule has 5 unspecified atom stereocenters. The van der Waals surface area contributed by atoms with Gasteiger partial charge < -0.3 is 31.4 Å². The molecule has 1 aromatic heterocycles. The van der Waals surface area contributed by atoms with Crippen LogP contribution in [0.2, 0.25) is 0 Å². The van der Waals surface area contributed by atoms with E-state index in [-0.39, 0.29) is 12.3 Å². The van der Waals surface area contributed by atoms with E-state index in [0.717, 1.165) is 16.5 Å². The number of nitrogens with zero attached hydrogens (tertiary/aromatic N) is 1. The third-order valence-corrected chi connectivity index (χ3v) is 6.74. The number of hydrogen-bond acceptors (Lipinski definition) is 5. The van der Waals surface area contributed by atoms with Crippen molar-refractivity contribution in [2.45, 2.75) is 70.6 Å². The van der Waals surface area contributed by atoms with E-state index in [2.05, 4.69) is 15.6 Å². The molecule has 5 atom stereocenters. The van der Waals surface area contributed by atoms with Crippen molar-refractivity contribution < 1.29 is 24.3 Å². The molecule has 0 spiro atoms. The molecule has 190 valence electrons. The normalized spacial score (nSPS) is 19.1. The molecule has 35 heavy (non-hydrogen) atoms. The summed E-state index contributed by atoms with van der Waals surface area (Å²) in [6, 6.07) is 4.02. The second-order valence-corrected chi connectivity index (χ2v) is 9.31. The Kier molecular flexibility index (Phi) is 8.50. The molecule has 3 rings (SSSR count). The molecule has 6 N–H and O–H groups in total. The lowest BCUT2D eigenvalue weighted by atomic mass is 9.96. The van der Waals surface area contributed by atoms with Crippen LogP contribution in [0, 0.1) is 5.92 Å². The van der Waals surface area contributed by atoms with Crippen LogP contribution in [-0.4, -0.2) is 69.4 Å². The summed E-state index contributed by atoms with van der Waals surface area (Å²) in [7, 11) is 0. The minimum Gasteiger partial charge on any atom is -0.480 e. The molecule has 0 bridgehead atoms. The van der Waals surface area contributed by atoms with Gasteiger partial charge in [-0.2, -0.15) is 0 Å². The van der Waals surface area contributed by atoms with E-state index in [1.165, 1.54) is 11.8 Å². The summed E-state index contributed by atoms with van der Waals surface area (Å²) in [6.07, 6.45) is 3.53. The molecule has 0 saturated carbocycles. The predicted molar refractivity (Wildman–Crippen MR) is 131 cm³/mol. The number of carbonyl (C=O) groups is 4. The summed E-state index contributed by atoms with van der Waals surface area (Å²) < 4.78 is 0. The standard InChI is InChI=1S/C25H35N5O5/c1-4-14(2)21(29-22(31)15(3)26)23(32)28-19(24(33)30-11-7-10-20(30)25(34)35)12-16-13-27-18-9-6-5-8-17(16)18/h5-6,8-9,13-15,19-21,27H,4,7,10-12,26H2,1-3H3,(H,28,32)(H,29,31)(H,34,35). The van der Waals surface area contributed by atoms with Crippen molar-refractivity contribution in [2.75, 3.05) is 6.54 Å². The molecule has 1 fully saturated rings. The van der Waals surface area contributed by atoms with Gasteiger partial charge in [-0.25, -0.2) is 4.79 Å². The number of amides is 3. The molecule has 1 aliphatic heterocycles. The Balaban J connectivity index is 1.90. The summed E-state index contributed by atoms with van der Waals surface area (Å²) in [4.78, 5) is 55.5. The van der Waals surface area contributed by atoms with Crippen LogP contribution in [-0.2, 0) is 25.6 Å². The van der Waals surface area contributed by atoms with Crippen LogP contribution in [0.1, 0.15) is 45.6 Å². The first-order chi connectivity index (χ1) is 16.6. The maximum atomic E-state index is 13.6. The quantitative estimate of drug-likeness (QED) is 0.340. The van der Waals surface area contributed by atoms with Crippen LogP contribution >= 0.6 is 0 Å². The molecular formula is C25H35N5O5. The van der Waals surface area contributed by atoms with Gasteiger partial charge in [0.05, 0.1) is 6.04 Å². The summed E-state index contributed by atoms with van der Waals surface area (Å²) in [6.45, 7) is 5.58. The van der Waals surface area contributed by atoms with E-state index in [4.69, 9.17) is 5.73 Å². The Morgan fingerprint density at radius 3 is 2.54 bits per heavy atom. The lowest BCUT2D eigenvalue weighted by molar-refractivity contribution is -0.149. The Morgan fingerprint density at radius 2 is 1.89 bits per heavy atom. The van der Waals surface area contributed by atoms with Gasteiger partial charge in [-0.15, -0.1) is 0 Å². The van der Waals surface area contributed by atoms with E-state index < -0.39 is 47.9 Å². The van der Waals surface area contributed by atoms with Gasteiger partial charge in [0.2, 0.25) is 17.7 Å². The Bertz CT molecular complexity index is 1080. The minimum atomic E-state index is -1.06. The van der Waals surface area contributed by atoms with Crippen LogP contribution < -0.4 is 16.4 Å². The number of nitrogens with one attached hydrogen (secondary N) is 3. The fourth-order valence-electron chi connectivity index (χ4n) is 4.46. The number of hydrogen-bond donors (Lipinski definition) is 5. The number of carbonyl (C=O) groups excluding carboxylic acids is 3. The van der Waals surface area contributed by atoms with Crippen LogP contribution in [0.4, 0.5) is 0 Å². The zero-order valence-electron chi connectivity index (χ0n) is 20.4. The molecular weight excluding hydrogens is 450 g/mol. The summed E-state index contributed by atoms with van der Waals surface area (Å²) in [5, 5.41) is 16.0. The fourth-order valence-corrected chi connectivity index (χ4v) is 4.46. The minimum absolute atomic E-state index is 0.173. The number of aromatic amines is 1. The first-order valence-corrected chi connectivity index (χ1v) is 12.1. The number of aromatic nitrogens is 1. The predicted octanol–water partition coefficient (Wildman–Crippen LogP) is 1.15. The van der Waals surface area contributed by atoms with Crippen molar-refractivity contribution in [3.8, 4) is 0 Å². The number of H-pyrrole nitrogens is 1. The Labute approximate surface area is 204 Å². The number of benzene rings is 1.